The zero-order chi connectivity index (χ0) is 21.6. The Morgan fingerprint density at radius 2 is 1.97 bits per heavy atom. The maximum absolute atomic E-state index is 12.5. The van der Waals surface area contributed by atoms with E-state index < -0.39 is 5.76 Å². The van der Waals surface area contributed by atoms with Crippen LogP contribution in [0.4, 0.5) is 5.69 Å². The Balaban J connectivity index is 1.37. The summed E-state index contributed by atoms with van der Waals surface area (Å²) in [5.41, 5.74) is 0.692. The molecule has 0 saturated heterocycles. The molecule has 0 spiro atoms. The first kappa shape index (κ1) is 20.4. The quantitative estimate of drug-likeness (QED) is 0.436. The molecule has 3 aromatic heterocycles. The molecule has 2 amide bonds. The van der Waals surface area contributed by atoms with Gasteiger partial charge in [0.1, 0.15) is 5.76 Å². The van der Waals surface area contributed by atoms with Crippen molar-refractivity contribution >= 4 is 28.8 Å². The monoisotopic (exact) mass is 438 g/mol. The largest absolute Gasteiger partial charge is 0.467 e. The Kier molecular flexibility index (Phi) is 6.08. The number of carbonyl (C=O) groups is 2. The van der Waals surface area contributed by atoms with E-state index in [1.807, 2.05) is 11.4 Å². The zero-order valence-corrected chi connectivity index (χ0v) is 17.1. The van der Waals surface area contributed by atoms with Gasteiger partial charge in [-0.2, -0.15) is 4.68 Å². The van der Waals surface area contributed by atoms with Crippen LogP contribution in [0, 0.1) is 0 Å². The molecule has 2 N–H and O–H groups in total. The van der Waals surface area contributed by atoms with E-state index in [0.29, 0.717) is 17.0 Å². The Morgan fingerprint density at radius 3 is 2.74 bits per heavy atom. The van der Waals surface area contributed by atoms with E-state index in [9.17, 15) is 14.4 Å². The predicted octanol–water partition coefficient (Wildman–Crippen LogP) is 3.12. The van der Waals surface area contributed by atoms with Gasteiger partial charge in [0, 0.05) is 6.42 Å². The van der Waals surface area contributed by atoms with Crippen LogP contribution in [-0.2, 0) is 17.9 Å². The summed E-state index contributed by atoms with van der Waals surface area (Å²) < 4.78 is 11.4. The molecular formula is C21H18N4O5S. The summed E-state index contributed by atoms with van der Waals surface area (Å²) in [7, 11) is 0. The third-order valence-corrected chi connectivity index (χ3v) is 5.20. The van der Waals surface area contributed by atoms with Crippen LogP contribution in [-0.4, -0.2) is 21.6 Å². The van der Waals surface area contributed by atoms with Gasteiger partial charge in [-0.15, -0.1) is 16.4 Å². The first-order chi connectivity index (χ1) is 15.1. The predicted molar refractivity (Wildman–Crippen MR) is 114 cm³/mol. The summed E-state index contributed by atoms with van der Waals surface area (Å²) in [4.78, 5) is 37.6. The maximum Gasteiger partial charge on any atom is 0.437 e. The number of nitrogens with zero attached hydrogens (tertiary/aromatic N) is 2. The van der Waals surface area contributed by atoms with Crippen LogP contribution >= 0.6 is 11.3 Å². The number of amides is 2. The Bertz CT molecular complexity index is 1220. The highest BCUT2D eigenvalue weighted by Gasteiger charge is 2.15. The van der Waals surface area contributed by atoms with Gasteiger partial charge in [-0.05, 0) is 35.7 Å². The van der Waals surface area contributed by atoms with Gasteiger partial charge in [-0.25, -0.2) is 4.79 Å². The van der Waals surface area contributed by atoms with Gasteiger partial charge < -0.3 is 19.5 Å². The van der Waals surface area contributed by atoms with Crippen LogP contribution in [0.25, 0.3) is 10.8 Å². The molecule has 0 aliphatic rings. The minimum atomic E-state index is -0.631. The van der Waals surface area contributed by atoms with Crippen molar-refractivity contribution in [2.45, 2.75) is 19.5 Å². The number of rotatable bonds is 8. The van der Waals surface area contributed by atoms with Crippen molar-refractivity contribution in [2.75, 3.05) is 5.32 Å². The van der Waals surface area contributed by atoms with Gasteiger partial charge in [0.15, 0.2) is 0 Å². The van der Waals surface area contributed by atoms with Crippen molar-refractivity contribution in [1.82, 2.24) is 15.1 Å². The van der Waals surface area contributed by atoms with Gasteiger partial charge in [0.25, 0.3) is 11.8 Å². The molecule has 158 valence electrons. The standard InChI is InChI=1S/C21H18N4O5S/c26-18(9-10-25-21(28)30-20(24-25)17-8-4-12-31-17)23-16-7-2-1-6-15(16)19(27)22-13-14-5-3-11-29-14/h1-8,11-12H,9-10,13H2,(H,22,27)(H,23,26). The SMILES string of the molecule is O=C(CCn1nc(-c2cccs2)oc1=O)Nc1ccccc1C(=O)NCc1ccco1. The highest BCUT2D eigenvalue weighted by atomic mass is 32.1. The van der Waals surface area contributed by atoms with Crippen molar-refractivity contribution in [1.29, 1.82) is 0 Å². The molecule has 4 aromatic rings. The smallest absolute Gasteiger partial charge is 0.437 e. The fourth-order valence-electron chi connectivity index (χ4n) is 2.83. The number of aromatic nitrogens is 2. The second-order valence-corrected chi connectivity index (χ2v) is 7.43. The summed E-state index contributed by atoms with van der Waals surface area (Å²) in [6, 6.07) is 13.8. The molecule has 9 nitrogen and oxygen atoms in total. The number of aryl methyl sites for hydroxylation is 1. The first-order valence-electron chi connectivity index (χ1n) is 9.41. The number of para-hydroxylation sites is 1. The van der Waals surface area contributed by atoms with Gasteiger partial charge in [-0.1, -0.05) is 18.2 Å². The molecule has 0 unspecified atom stereocenters. The molecule has 0 fully saturated rings. The Hall–Kier alpha value is -3.92. The molecule has 4 rings (SSSR count). The molecule has 0 saturated carbocycles. The highest BCUT2D eigenvalue weighted by molar-refractivity contribution is 7.13. The second-order valence-electron chi connectivity index (χ2n) is 6.48. The molecule has 0 aliphatic heterocycles. The van der Waals surface area contributed by atoms with Crippen molar-refractivity contribution in [3.05, 3.63) is 82.0 Å². The molecule has 0 atom stereocenters. The number of carbonyl (C=O) groups excluding carboxylic acids is 2. The molecule has 10 heteroatoms. The third-order valence-electron chi connectivity index (χ3n) is 4.34. The Morgan fingerprint density at radius 1 is 1.10 bits per heavy atom. The number of nitrogens with one attached hydrogen (secondary N) is 2. The minimum Gasteiger partial charge on any atom is -0.467 e. The molecular weight excluding hydrogens is 420 g/mol. The normalized spacial score (nSPS) is 10.7. The third kappa shape index (κ3) is 4.98. The fraction of sp³-hybridized carbons (Fsp3) is 0.143. The van der Waals surface area contributed by atoms with Gasteiger partial charge >= 0.3 is 5.76 Å². The van der Waals surface area contributed by atoms with Crippen LogP contribution < -0.4 is 16.4 Å². The summed E-state index contributed by atoms with van der Waals surface area (Å²) in [5, 5.41) is 11.4. The fourth-order valence-corrected chi connectivity index (χ4v) is 3.48. The van der Waals surface area contributed by atoms with E-state index in [1.54, 1.807) is 42.5 Å². The average molecular weight is 438 g/mol. The molecule has 0 aliphatic carbocycles. The second kappa shape index (κ2) is 9.26. The summed E-state index contributed by atoms with van der Waals surface area (Å²) in [6.45, 7) is 0.280. The van der Waals surface area contributed by atoms with Gasteiger partial charge in [0.2, 0.25) is 5.91 Å². The van der Waals surface area contributed by atoms with Crippen molar-refractivity contribution in [3.8, 4) is 10.8 Å². The van der Waals surface area contributed by atoms with Crippen LogP contribution in [0.5, 0.6) is 0 Å². The molecule has 0 radical (unpaired) electrons. The summed E-state index contributed by atoms with van der Waals surface area (Å²) >= 11 is 1.40. The molecule has 1 aromatic carbocycles. The van der Waals surface area contributed by atoms with E-state index in [4.69, 9.17) is 8.83 Å². The molecule has 0 bridgehead atoms. The van der Waals surface area contributed by atoms with Gasteiger partial charge in [-0.3, -0.25) is 9.59 Å². The number of anilines is 1. The number of benzene rings is 1. The summed E-state index contributed by atoms with van der Waals surface area (Å²) in [6.07, 6.45) is 1.51. The van der Waals surface area contributed by atoms with Crippen LogP contribution in [0.3, 0.4) is 0 Å². The average Bonchev–Trinajstić information content (AvgIpc) is 3.53. The van der Waals surface area contributed by atoms with Crippen LogP contribution in [0.2, 0.25) is 0 Å². The number of hydrogen-bond donors (Lipinski definition) is 2. The topological polar surface area (TPSA) is 119 Å². The molecule has 31 heavy (non-hydrogen) atoms. The van der Waals surface area contributed by atoms with Crippen molar-refractivity contribution < 1.29 is 18.4 Å². The summed E-state index contributed by atoms with van der Waals surface area (Å²) in [5.74, 6) is -0.498. The van der Waals surface area contributed by atoms with Gasteiger partial charge in [0.05, 0.1) is 35.5 Å². The number of thiophene rings is 1. The van der Waals surface area contributed by atoms with E-state index in [-0.39, 0.29) is 37.2 Å². The first-order valence-corrected chi connectivity index (χ1v) is 10.3. The molecule has 3 heterocycles. The van der Waals surface area contributed by atoms with E-state index in [2.05, 4.69) is 15.7 Å². The lowest BCUT2D eigenvalue weighted by atomic mass is 10.1. The van der Waals surface area contributed by atoms with E-state index in [0.717, 1.165) is 9.56 Å². The van der Waals surface area contributed by atoms with E-state index in [1.165, 1.54) is 17.6 Å². The van der Waals surface area contributed by atoms with E-state index >= 15 is 0 Å². The van der Waals surface area contributed by atoms with Crippen molar-refractivity contribution in [3.63, 3.8) is 0 Å². The van der Waals surface area contributed by atoms with Crippen molar-refractivity contribution in [2.24, 2.45) is 0 Å². The minimum absolute atomic E-state index is 0.0152. The Labute approximate surface area is 180 Å². The van der Waals surface area contributed by atoms with Crippen LogP contribution in [0.15, 0.2) is 73.8 Å². The zero-order valence-electron chi connectivity index (χ0n) is 16.2. The van der Waals surface area contributed by atoms with Crippen LogP contribution in [0.1, 0.15) is 22.5 Å². The number of furan rings is 1. The lowest BCUT2D eigenvalue weighted by molar-refractivity contribution is -0.116. The lowest BCUT2D eigenvalue weighted by Gasteiger charge is -2.11. The number of hydrogen-bond acceptors (Lipinski definition) is 7. The lowest BCUT2D eigenvalue weighted by Crippen LogP contribution is -2.25. The highest BCUT2D eigenvalue weighted by Crippen LogP contribution is 2.21. The maximum atomic E-state index is 12.5.